The van der Waals surface area contributed by atoms with Gasteiger partial charge in [0.15, 0.2) is 23.1 Å². The second-order valence-electron chi connectivity index (χ2n) is 5.54. The smallest absolute Gasteiger partial charge is 0.331 e. The molecular weight excluding hydrogens is 348 g/mol. The van der Waals surface area contributed by atoms with E-state index in [4.69, 9.17) is 26.9 Å². The number of benzene rings is 2. The summed E-state index contributed by atoms with van der Waals surface area (Å²) in [4.78, 5) is 12.3. The number of hydrogen-bond donors (Lipinski definition) is 4. The van der Waals surface area contributed by atoms with Gasteiger partial charge in [0, 0.05) is 5.02 Å². The third-order valence-corrected chi connectivity index (χ3v) is 4.06. The Kier molecular flexibility index (Phi) is 5.73. The number of hydrogen-bond acceptors (Lipinski definition) is 7. The molecule has 0 spiro atoms. The van der Waals surface area contributed by atoms with E-state index in [1.807, 2.05) is 0 Å². The van der Waals surface area contributed by atoms with Gasteiger partial charge in [0.1, 0.15) is 5.75 Å². The van der Waals surface area contributed by atoms with Crippen LogP contribution in [0, 0.1) is 0 Å². The first-order chi connectivity index (χ1) is 11.8. The largest absolute Gasteiger partial charge is 0.504 e. The number of hydrazine groups is 1. The summed E-state index contributed by atoms with van der Waals surface area (Å²) >= 11 is 5.87. The van der Waals surface area contributed by atoms with Gasteiger partial charge in [-0.15, -0.1) is 0 Å². The minimum atomic E-state index is -1.47. The molecule has 5 N–H and O–H groups in total. The van der Waals surface area contributed by atoms with Crippen molar-refractivity contribution >= 4 is 17.6 Å². The third kappa shape index (κ3) is 3.96. The standard InChI is InChI=1S/C17H19ClN2O5/c1-17(20-19,16(23)24-2)15(10-3-8-13(21)14(22)9-10)25-12-6-4-11(18)5-7-12/h3-9,15,20-22H,19H2,1-2H3/t15?,17-/m0/s1. The topological polar surface area (TPSA) is 114 Å². The number of methoxy groups -OCH3 is 1. The van der Waals surface area contributed by atoms with Crippen LogP contribution < -0.4 is 16.0 Å². The van der Waals surface area contributed by atoms with Gasteiger partial charge >= 0.3 is 5.97 Å². The molecule has 2 aromatic carbocycles. The molecule has 0 radical (unpaired) electrons. The monoisotopic (exact) mass is 366 g/mol. The molecule has 1 unspecified atom stereocenters. The minimum absolute atomic E-state index is 0.297. The van der Waals surface area contributed by atoms with Crippen LogP contribution in [-0.4, -0.2) is 28.8 Å². The predicted octanol–water partition coefficient (Wildman–Crippen LogP) is 2.27. The Morgan fingerprint density at radius 1 is 1.20 bits per heavy atom. The van der Waals surface area contributed by atoms with Crippen LogP contribution in [-0.2, 0) is 9.53 Å². The summed E-state index contributed by atoms with van der Waals surface area (Å²) in [6.45, 7) is 1.50. The number of rotatable bonds is 6. The predicted molar refractivity (Wildman–Crippen MR) is 92.3 cm³/mol. The molecule has 7 nitrogen and oxygen atoms in total. The van der Waals surface area contributed by atoms with Crippen molar-refractivity contribution in [1.29, 1.82) is 0 Å². The molecule has 25 heavy (non-hydrogen) atoms. The molecule has 0 heterocycles. The fourth-order valence-corrected chi connectivity index (χ4v) is 2.45. The summed E-state index contributed by atoms with van der Waals surface area (Å²) in [6, 6.07) is 10.6. The van der Waals surface area contributed by atoms with Gasteiger partial charge in [0.05, 0.1) is 7.11 Å². The van der Waals surface area contributed by atoms with E-state index in [0.717, 1.165) is 0 Å². The van der Waals surface area contributed by atoms with E-state index in [2.05, 4.69) is 5.43 Å². The zero-order valence-corrected chi connectivity index (χ0v) is 14.4. The van der Waals surface area contributed by atoms with Crippen molar-refractivity contribution in [2.75, 3.05) is 7.11 Å². The molecular formula is C17H19ClN2O5. The zero-order chi connectivity index (χ0) is 18.6. The maximum atomic E-state index is 12.3. The van der Waals surface area contributed by atoms with Crippen LogP contribution in [0.2, 0.25) is 5.02 Å². The van der Waals surface area contributed by atoms with Gasteiger partial charge in [0.25, 0.3) is 0 Å². The van der Waals surface area contributed by atoms with Crippen molar-refractivity contribution in [2.24, 2.45) is 5.84 Å². The number of carbonyl (C=O) groups excluding carboxylic acids is 1. The summed E-state index contributed by atoms with van der Waals surface area (Å²) in [5.74, 6) is 4.71. The lowest BCUT2D eigenvalue weighted by molar-refractivity contribution is -0.152. The molecule has 0 bridgehead atoms. The molecule has 0 saturated carbocycles. The molecule has 0 aliphatic rings. The summed E-state index contributed by atoms with van der Waals surface area (Å²) < 4.78 is 10.8. The number of phenols is 2. The number of halogens is 1. The van der Waals surface area contributed by atoms with E-state index >= 15 is 0 Å². The first-order valence-corrected chi connectivity index (χ1v) is 7.70. The number of nitrogens with two attached hydrogens (primary N) is 1. The molecule has 0 aromatic heterocycles. The molecule has 0 fully saturated rings. The minimum Gasteiger partial charge on any atom is -0.504 e. The molecule has 2 rings (SSSR count). The van der Waals surface area contributed by atoms with Crippen LogP contribution in [0.4, 0.5) is 0 Å². The van der Waals surface area contributed by atoms with Crippen LogP contribution in [0.15, 0.2) is 42.5 Å². The number of carbonyl (C=O) groups is 1. The number of nitrogens with one attached hydrogen (secondary N) is 1. The average Bonchev–Trinajstić information content (AvgIpc) is 2.62. The van der Waals surface area contributed by atoms with E-state index in [0.29, 0.717) is 16.3 Å². The molecule has 2 aromatic rings. The molecule has 0 aliphatic heterocycles. The summed E-state index contributed by atoms with van der Waals surface area (Å²) in [6.07, 6.45) is -0.974. The van der Waals surface area contributed by atoms with Crippen LogP contribution in [0.5, 0.6) is 17.2 Å². The van der Waals surface area contributed by atoms with Crippen LogP contribution >= 0.6 is 11.6 Å². The Morgan fingerprint density at radius 2 is 1.84 bits per heavy atom. The second-order valence-corrected chi connectivity index (χ2v) is 5.97. The fraction of sp³-hybridized carbons (Fsp3) is 0.235. The Bertz CT molecular complexity index is 753. The SMILES string of the molecule is COC(=O)[C@@](C)(NN)C(Oc1ccc(Cl)cc1)c1ccc(O)c(O)c1. The maximum absolute atomic E-state index is 12.3. The van der Waals surface area contributed by atoms with Gasteiger partial charge in [-0.05, 0) is 48.9 Å². The summed E-state index contributed by atoms with van der Waals surface area (Å²) in [5, 5.41) is 19.8. The van der Waals surface area contributed by atoms with Crippen molar-refractivity contribution in [1.82, 2.24) is 5.43 Å². The molecule has 8 heteroatoms. The van der Waals surface area contributed by atoms with Crippen molar-refractivity contribution in [3.8, 4) is 17.2 Å². The zero-order valence-electron chi connectivity index (χ0n) is 13.7. The van der Waals surface area contributed by atoms with Gasteiger partial charge in [-0.1, -0.05) is 17.7 Å². The van der Waals surface area contributed by atoms with Gasteiger partial charge < -0.3 is 19.7 Å². The van der Waals surface area contributed by atoms with Crippen molar-refractivity contribution in [3.05, 3.63) is 53.1 Å². The lowest BCUT2D eigenvalue weighted by atomic mass is 9.89. The summed E-state index contributed by atoms with van der Waals surface area (Å²) in [5.41, 5.74) is 1.35. The normalized spacial score (nSPS) is 14.4. The number of esters is 1. The van der Waals surface area contributed by atoms with Crippen LogP contribution in [0.25, 0.3) is 0 Å². The highest BCUT2D eigenvalue weighted by Gasteiger charge is 2.45. The van der Waals surface area contributed by atoms with Gasteiger partial charge in [0.2, 0.25) is 0 Å². The van der Waals surface area contributed by atoms with Crippen molar-refractivity contribution in [3.63, 3.8) is 0 Å². The van der Waals surface area contributed by atoms with E-state index in [9.17, 15) is 15.0 Å². The Morgan fingerprint density at radius 3 is 2.36 bits per heavy atom. The lowest BCUT2D eigenvalue weighted by Crippen LogP contribution is -2.59. The van der Waals surface area contributed by atoms with Gasteiger partial charge in [-0.2, -0.15) is 0 Å². The van der Waals surface area contributed by atoms with Crippen molar-refractivity contribution in [2.45, 2.75) is 18.6 Å². The highest BCUT2D eigenvalue weighted by Crippen LogP contribution is 2.36. The van der Waals surface area contributed by atoms with Crippen LogP contribution in [0.1, 0.15) is 18.6 Å². The Labute approximate surface area is 149 Å². The fourth-order valence-electron chi connectivity index (χ4n) is 2.33. The average molecular weight is 367 g/mol. The second kappa shape index (κ2) is 7.60. The molecule has 2 atom stereocenters. The quantitative estimate of drug-likeness (QED) is 0.268. The maximum Gasteiger partial charge on any atom is 0.331 e. The highest BCUT2D eigenvalue weighted by atomic mass is 35.5. The molecule has 0 aliphatic carbocycles. The van der Waals surface area contributed by atoms with Crippen LogP contribution in [0.3, 0.4) is 0 Å². The summed E-state index contributed by atoms with van der Waals surface area (Å²) in [7, 11) is 1.23. The van der Waals surface area contributed by atoms with Gasteiger partial charge in [-0.3, -0.25) is 5.84 Å². The first kappa shape index (κ1) is 18.9. The van der Waals surface area contributed by atoms with E-state index < -0.39 is 17.6 Å². The van der Waals surface area contributed by atoms with Crippen molar-refractivity contribution < 1.29 is 24.5 Å². The Hall–Kier alpha value is -2.48. The third-order valence-electron chi connectivity index (χ3n) is 3.80. The lowest BCUT2D eigenvalue weighted by Gasteiger charge is -2.34. The number of aromatic hydroxyl groups is 2. The Balaban J connectivity index is 2.51. The molecule has 134 valence electrons. The number of ether oxygens (including phenoxy) is 2. The highest BCUT2D eigenvalue weighted by molar-refractivity contribution is 6.30. The van der Waals surface area contributed by atoms with E-state index in [-0.39, 0.29) is 11.5 Å². The number of phenolic OH excluding ortho intramolecular Hbond substituents is 2. The van der Waals surface area contributed by atoms with E-state index in [1.54, 1.807) is 24.3 Å². The van der Waals surface area contributed by atoms with E-state index in [1.165, 1.54) is 32.2 Å². The van der Waals surface area contributed by atoms with Gasteiger partial charge in [-0.25, -0.2) is 10.2 Å². The molecule has 0 saturated heterocycles. The molecule has 0 amide bonds. The first-order valence-electron chi connectivity index (χ1n) is 7.32.